The molecule has 0 spiro atoms. The van der Waals surface area contributed by atoms with Crippen molar-refractivity contribution in [3.8, 4) is 0 Å². The Bertz CT molecular complexity index is 315. The molecular formula is C14H27N3O3. The van der Waals surface area contributed by atoms with Crippen molar-refractivity contribution in [2.75, 3.05) is 26.8 Å². The molecule has 1 saturated heterocycles. The number of nitrogens with zero attached hydrogens (tertiary/aromatic N) is 1. The molecule has 0 aromatic heterocycles. The summed E-state index contributed by atoms with van der Waals surface area (Å²) in [6.07, 6.45) is 3.58. The molecule has 0 radical (unpaired) electrons. The Morgan fingerprint density at radius 1 is 1.40 bits per heavy atom. The van der Waals surface area contributed by atoms with Crippen LogP contribution in [-0.4, -0.2) is 55.6 Å². The van der Waals surface area contributed by atoms with Crippen LogP contribution in [0.1, 0.15) is 39.0 Å². The first-order chi connectivity index (χ1) is 9.58. The van der Waals surface area contributed by atoms with Crippen LogP contribution in [0.5, 0.6) is 0 Å². The van der Waals surface area contributed by atoms with E-state index in [4.69, 9.17) is 10.5 Å². The maximum atomic E-state index is 12.1. The van der Waals surface area contributed by atoms with E-state index < -0.39 is 6.04 Å². The molecule has 0 aliphatic carbocycles. The lowest BCUT2D eigenvalue weighted by Crippen LogP contribution is -2.51. The third kappa shape index (κ3) is 5.46. The van der Waals surface area contributed by atoms with Gasteiger partial charge in [0.05, 0.1) is 6.04 Å². The van der Waals surface area contributed by atoms with Gasteiger partial charge in [0.2, 0.25) is 11.8 Å². The molecule has 0 bridgehead atoms. The molecule has 1 rings (SSSR count). The molecule has 1 unspecified atom stereocenters. The van der Waals surface area contributed by atoms with E-state index in [2.05, 4.69) is 5.32 Å². The lowest BCUT2D eigenvalue weighted by molar-refractivity contribution is -0.134. The largest absolute Gasteiger partial charge is 0.385 e. The van der Waals surface area contributed by atoms with E-state index >= 15 is 0 Å². The number of hydrogen-bond donors (Lipinski definition) is 2. The van der Waals surface area contributed by atoms with Gasteiger partial charge >= 0.3 is 0 Å². The van der Waals surface area contributed by atoms with Gasteiger partial charge in [0.25, 0.3) is 0 Å². The summed E-state index contributed by atoms with van der Waals surface area (Å²) in [6.45, 7) is 3.81. The lowest BCUT2D eigenvalue weighted by atomic mass is 10.0. The summed E-state index contributed by atoms with van der Waals surface area (Å²) < 4.78 is 4.94. The highest BCUT2D eigenvalue weighted by Gasteiger charge is 2.26. The molecule has 6 heteroatoms. The number of likely N-dealkylation sites (tertiary alicyclic amines) is 1. The highest BCUT2D eigenvalue weighted by atomic mass is 16.5. The summed E-state index contributed by atoms with van der Waals surface area (Å²) in [7, 11) is 1.60. The van der Waals surface area contributed by atoms with Gasteiger partial charge in [-0.15, -0.1) is 0 Å². The summed E-state index contributed by atoms with van der Waals surface area (Å²) in [4.78, 5) is 25.4. The van der Waals surface area contributed by atoms with Gasteiger partial charge in [0, 0.05) is 39.3 Å². The number of amides is 2. The Hall–Kier alpha value is -1.14. The standard InChI is InChI=1S/C14H27N3O3/c1-3-4-13(18)16-11-5-8-17(9-6-11)14(19)12(15)7-10-20-2/h11-12H,3-10,15H2,1-2H3,(H,16,18). The quantitative estimate of drug-likeness (QED) is 0.702. The van der Waals surface area contributed by atoms with Gasteiger partial charge in [-0.1, -0.05) is 6.92 Å². The van der Waals surface area contributed by atoms with Crippen LogP contribution in [0.15, 0.2) is 0 Å². The molecule has 0 aromatic carbocycles. The fourth-order valence-electron chi connectivity index (χ4n) is 2.37. The Kier molecular flexibility index (Phi) is 7.54. The van der Waals surface area contributed by atoms with Crippen LogP contribution >= 0.6 is 0 Å². The highest BCUT2D eigenvalue weighted by molar-refractivity contribution is 5.81. The fraction of sp³-hybridized carbons (Fsp3) is 0.857. The Morgan fingerprint density at radius 2 is 2.05 bits per heavy atom. The van der Waals surface area contributed by atoms with Crippen molar-refractivity contribution in [3.63, 3.8) is 0 Å². The van der Waals surface area contributed by atoms with Crippen LogP contribution in [0.3, 0.4) is 0 Å². The van der Waals surface area contributed by atoms with Gasteiger partial charge in [0.15, 0.2) is 0 Å². The van der Waals surface area contributed by atoms with Crippen molar-refractivity contribution in [2.24, 2.45) is 5.73 Å². The first-order valence-corrected chi connectivity index (χ1v) is 7.41. The van der Waals surface area contributed by atoms with Crippen LogP contribution in [0.25, 0.3) is 0 Å². The second-order valence-corrected chi connectivity index (χ2v) is 5.31. The predicted molar refractivity (Wildman–Crippen MR) is 77.1 cm³/mol. The Balaban J connectivity index is 2.30. The number of nitrogens with one attached hydrogen (secondary N) is 1. The van der Waals surface area contributed by atoms with Crippen molar-refractivity contribution < 1.29 is 14.3 Å². The zero-order chi connectivity index (χ0) is 15.0. The van der Waals surface area contributed by atoms with Crippen molar-refractivity contribution in [1.82, 2.24) is 10.2 Å². The average Bonchev–Trinajstić information content (AvgIpc) is 2.45. The van der Waals surface area contributed by atoms with E-state index in [9.17, 15) is 9.59 Å². The normalized spacial score (nSPS) is 17.9. The van der Waals surface area contributed by atoms with Gasteiger partial charge in [-0.2, -0.15) is 0 Å². The average molecular weight is 285 g/mol. The molecule has 116 valence electrons. The number of carbonyl (C=O) groups excluding carboxylic acids is 2. The third-order valence-corrected chi connectivity index (χ3v) is 3.60. The number of nitrogens with two attached hydrogens (primary N) is 1. The lowest BCUT2D eigenvalue weighted by Gasteiger charge is -2.33. The monoisotopic (exact) mass is 285 g/mol. The molecule has 1 aliphatic rings. The maximum absolute atomic E-state index is 12.1. The van der Waals surface area contributed by atoms with Gasteiger partial charge in [-0.05, 0) is 25.7 Å². The first-order valence-electron chi connectivity index (χ1n) is 7.41. The minimum Gasteiger partial charge on any atom is -0.385 e. The number of piperidine rings is 1. The van der Waals surface area contributed by atoms with Crippen molar-refractivity contribution in [2.45, 2.75) is 51.1 Å². The zero-order valence-electron chi connectivity index (χ0n) is 12.6. The van der Waals surface area contributed by atoms with E-state index in [1.807, 2.05) is 6.92 Å². The van der Waals surface area contributed by atoms with Crippen molar-refractivity contribution in [1.29, 1.82) is 0 Å². The summed E-state index contributed by atoms with van der Waals surface area (Å²) in [5.41, 5.74) is 5.85. The van der Waals surface area contributed by atoms with E-state index in [-0.39, 0.29) is 17.9 Å². The SMILES string of the molecule is CCCC(=O)NC1CCN(C(=O)C(N)CCOC)CC1. The smallest absolute Gasteiger partial charge is 0.239 e. The molecule has 0 aromatic rings. The number of rotatable bonds is 7. The summed E-state index contributed by atoms with van der Waals surface area (Å²) in [5.74, 6) is 0.0921. The van der Waals surface area contributed by atoms with Gasteiger partial charge in [0.1, 0.15) is 0 Å². The summed E-state index contributed by atoms with van der Waals surface area (Å²) >= 11 is 0. The van der Waals surface area contributed by atoms with Crippen LogP contribution in [0, 0.1) is 0 Å². The van der Waals surface area contributed by atoms with Crippen LogP contribution < -0.4 is 11.1 Å². The summed E-state index contributed by atoms with van der Waals surface area (Å²) in [6, 6.07) is -0.297. The van der Waals surface area contributed by atoms with Crippen LogP contribution in [-0.2, 0) is 14.3 Å². The molecule has 2 amide bonds. The Morgan fingerprint density at radius 3 is 2.60 bits per heavy atom. The van der Waals surface area contributed by atoms with Crippen molar-refractivity contribution in [3.05, 3.63) is 0 Å². The molecule has 1 fully saturated rings. The van der Waals surface area contributed by atoms with Gasteiger partial charge < -0.3 is 20.7 Å². The molecule has 0 saturated carbocycles. The molecular weight excluding hydrogens is 258 g/mol. The van der Waals surface area contributed by atoms with Crippen LogP contribution in [0.4, 0.5) is 0 Å². The molecule has 20 heavy (non-hydrogen) atoms. The number of ether oxygens (including phenoxy) is 1. The second-order valence-electron chi connectivity index (χ2n) is 5.31. The maximum Gasteiger partial charge on any atom is 0.239 e. The molecule has 6 nitrogen and oxygen atoms in total. The minimum atomic E-state index is -0.485. The van der Waals surface area contributed by atoms with E-state index in [0.717, 1.165) is 19.3 Å². The van der Waals surface area contributed by atoms with Crippen molar-refractivity contribution >= 4 is 11.8 Å². The molecule has 3 N–H and O–H groups in total. The van der Waals surface area contributed by atoms with Crippen LogP contribution in [0.2, 0.25) is 0 Å². The number of hydrogen-bond acceptors (Lipinski definition) is 4. The van der Waals surface area contributed by atoms with E-state index in [1.54, 1.807) is 12.0 Å². The topological polar surface area (TPSA) is 84.7 Å². The molecule has 1 atom stereocenters. The van der Waals surface area contributed by atoms with E-state index in [0.29, 0.717) is 32.5 Å². The fourth-order valence-corrected chi connectivity index (χ4v) is 2.37. The van der Waals surface area contributed by atoms with E-state index in [1.165, 1.54) is 0 Å². The highest BCUT2D eigenvalue weighted by Crippen LogP contribution is 2.12. The minimum absolute atomic E-state index is 0.0135. The second kappa shape index (κ2) is 8.92. The molecule has 1 aliphatic heterocycles. The Labute approximate surface area is 121 Å². The third-order valence-electron chi connectivity index (χ3n) is 3.60. The number of carbonyl (C=O) groups is 2. The van der Waals surface area contributed by atoms with Gasteiger partial charge in [-0.25, -0.2) is 0 Å². The predicted octanol–water partition coefficient (Wildman–Crippen LogP) is 0.258. The van der Waals surface area contributed by atoms with Gasteiger partial charge in [-0.3, -0.25) is 9.59 Å². The molecule has 1 heterocycles. The first kappa shape index (κ1) is 16.9. The number of methoxy groups -OCH3 is 1. The zero-order valence-corrected chi connectivity index (χ0v) is 12.6. The summed E-state index contributed by atoms with van der Waals surface area (Å²) in [5, 5.41) is 3.01.